The Morgan fingerprint density at radius 3 is 2.73 bits per heavy atom. The molecule has 0 spiro atoms. The molecule has 2 heterocycles. The van der Waals surface area contributed by atoms with Crippen LogP contribution in [0.25, 0.3) is 16.7 Å². The normalized spacial score (nSPS) is 11.4. The second-order valence-electron chi connectivity index (χ2n) is 7.19. The molecule has 0 fully saturated rings. The van der Waals surface area contributed by atoms with Crippen LogP contribution < -0.4 is 10.2 Å². The number of nitriles is 1. The van der Waals surface area contributed by atoms with Crippen LogP contribution in [0.1, 0.15) is 36.5 Å². The van der Waals surface area contributed by atoms with Gasteiger partial charge in [-0.1, -0.05) is 25.5 Å². The van der Waals surface area contributed by atoms with E-state index < -0.39 is 0 Å². The fourth-order valence-corrected chi connectivity index (χ4v) is 3.58. The van der Waals surface area contributed by atoms with Gasteiger partial charge in [-0.3, -0.25) is 4.40 Å². The van der Waals surface area contributed by atoms with Crippen molar-refractivity contribution in [2.75, 3.05) is 32.5 Å². The molecule has 0 saturated carbocycles. The summed E-state index contributed by atoms with van der Waals surface area (Å²) in [6, 6.07) is 10.5. The monoisotopic (exact) mass is 350 g/mol. The third kappa shape index (κ3) is 3.25. The molecule has 0 bridgehead atoms. The molecule has 0 radical (unpaired) electrons. The lowest BCUT2D eigenvalue weighted by atomic mass is 10.0. The van der Waals surface area contributed by atoms with E-state index in [4.69, 9.17) is 4.98 Å². The number of aromatic nitrogens is 2. The predicted octanol–water partition coefficient (Wildman–Crippen LogP) is 2.57. The molecule has 0 atom stereocenters. The van der Waals surface area contributed by atoms with Crippen molar-refractivity contribution in [3.8, 4) is 6.07 Å². The lowest BCUT2D eigenvalue weighted by Crippen LogP contribution is -3.05. The van der Waals surface area contributed by atoms with Gasteiger partial charge in [0.25, 0.3) is 0 Å². The lowest BCUT2D eigenvalue weighted by molar-refractivity contribution is -0.858. The van der Waals surface area contributed by atoms with Crippen molar-refractivity contribution in [1.29, 1.82) is 5.26 Å². The molecule has 5 heteroatoms. The molecule has 0 amide bonds. The van der Waals surface area contributed by atoms with E-state index in [0.717, 1.165) is 60.4 Å². The summed E-state index contributed by atoms with van der Waals surface area (Å²) < 4.78 is 2.15. The summed E-state index contributed by atoms with van der Waals surface area (Å²) in [6.45, 7) is 6.27. The number of para-hydroxylation sites is 2. The minimum absolute atomic E-state index is 0.688. The number of quaternary nitrogens is 1. The van der Waals surface area contributed by atoms with Gasteiger partial charge in [-0.05, 0) is 36.6 Å². The summed E-state index contributed by atoms with van der Waals surface area (Å²) in [4.78, 5) is 6.22. The van der Waals surface area contributed by atoms with Gasteiger partial charge in [0.05, 0.1) is 37.2 Å². The predicted molar refractivity (Wildman–Crippen MR) is 107 cm³/mol. The first-order chi connectivity index (χ1) is 12.6. The Morgan fingerprint density at radius 1 is 1.27 bits per heavy atom. The summed E-state index contributed by atoms with van der Waals surface area (Å²) in [5, 5.41) is 13.4. The number of benzene rings is 1. The third-order valence-electron chi connectivity index (χ3n) is 4.88. The van der Waals surface area contributed by atoms with Crippen molar-refractivity contribution < 1.29 is 4.90 Å². The number of nitrogens with one attached hydrogen (secondary N) is 2. The van der Waals surface area contributed by atoms with Gasteiger partial charge < -0.3 is 10.2 Å². The largest absolute Gasteiger partial charge is 0.371 e. The SMILES string of the molecule is CCCc1c(C)c(C#N)c2nc3ccccc3n2c1NCCC[NH+](C)C. The maximum atomic E-state index is 9.77. The highest BCUT2D eigenvalue weighted by molar-refractivity contribution is 5.86. The van der Waals surface area contributed by atoms with Crippen molar-refractivity contribution in [2.24, 2.45) is 0 Å². The number of fused-ring (bicyclic) bond motifs is 3. The van der Waals surface area contributed by atoms with Crippen molar-refractivity contribution in [1.82, 2.24) is 9.38 Å². The number of pyridine rings is 1. The molecule has 0 aliphatic rings. The molecule has 5 nitrogen and oxygen atoms in total. The van der Waals surface area contributed by atoms with Crippen LogP contribution in [0.15, 0.2) is 24.3 Å². The van der Waals surface area contributed by atoms with E-state index in [0.29, 0.717) is 5.56 Å². The van der Waals surface area contributed by atoms with Crippen molar-refractivity contribution in [2.45, 2.75) is 33.1 Å². The van der Waals surface area contributed by atoms with E-state index in [-0.39, 0.29) is 0 Å². The van der Waals surface area contributed by atoms with Crippen LogP contribution in [0, 0.1) is 18.3 Å². The average Bonchev–Trinajstić information content (AvgIpc) is 3.00. The van der Waals surface area contributed by atoms with Gasteiger partial charge >= 0.3 is 0 Å². The third-order valence-corrected chi connectivity index (χ3v) is 4.88. The van der Waals surface area contributed by atoms with E-state index in [9.17, 15) is 5.26 Å². The van der Waals surface area contributed by atoms with Gasteiger partial charge in [0, 0.05) is 13.0 Å². The van der Waals surface area contributed by atoms with Gasteiger partial charge in [-0.2, -0.15) is 5.26 Å². The first-order valence-corrected chi connectivity index (χ1v) is 9.44. The number of hydrogen-bond acceptors (Lipinski definition) is 3. The van der Waals surface area contributed by atoms with E-state index in [2.05, 4.69) is 49.8 Å². The fourth-order valence-electron chi connectivity index (χ4n) is 3.58. The molecule has 0 aliphatic carbocycles. The maximum absolute atomic E-state index is 9.77. The van der Waals surface area contributed by atoms with Crippen molar-refractivity contribution >= 4 is 22.5 Å². The number of hydrogen-bond donors (Lipinski definition) is 2. The Kier molecular flexibility index (Phi) is 5.43. The smallest absolute Gasteiger partial charge is 0.157 e. The number of imidazole rings is 1. The van der Waals surface area contributed by atoms with Gasteiger partial charge in [0.1, 0.15) is 11.9 Å². The summed E-state index contributed by atoms with van der Waals surface area (Å²) in [7, 11) is 4.35. The minimum atomic E-state index is 0.688. The van der Waals surface area contributed by atoms with Gasteiger partial charge in [-0.15, -0.1) is 0 Å². The second kappa shape index (κ2) is 7.76. The molecule has 3 rings (SSSR count). The first-order valence-electron chi connectivity index (χ1n) is 9.44. The molecular formula is C21H28N5+. The van der Waals surface area contributed by atoms with Gasteiger partial charge in [-0.25, -0.2) is 4.98 Å². The van der Waals surface area contributed by atoms with E-state index in [1.165, 1.54) is 10.5 Å². The van der Waals surface area contributed by atoms with Crippen LogP contribution in [-0.4, -0.2) is 36.6 Å². The topological polar surface area (TPSA) is 57.6 Å². The fraction of sp³-hybridized carbons (Fsp3) is 0.429. The highest BCUT2D eigenvalue weighted by Crippen LogP contribution is 2.31. The zero-order chi connectivity index (χ0) is 18.7. The van der Waals surface area contributed by atoms with E-state index >= 15 is 0 Å². The highest BCUT2D eigenvalue weighted by atomic mass is 15.1. The number of rotatable bonds is 7. The second-order valence-corrected chi connectivity index (χ2v) is 7.19. The Morgan fingerprint density at radius 2 is 2.04 bits per heavy atom. The average molecular weight is 350 g/mol. The number of anilines is 1. The zero-order valence-electron chi connectivity index (χ0n) is 16.2. The summed E-state index contributed by atoms with van der Waals surface area (Å²) >= 11 is 0. The molecule has 0 aliphatic heterocycles. The zero-order valence-corrected chi connectivity index (χ0v) is 16.2. The van der Waals surface area contributed by atoms with Crippen molar-refractivity contribution in [3.63, 3.8) is 0 Å². The molecule has 0 saturated heterocycles. The number of nitrogens with zero attached hydrogens (tertiary/aromatic N) is 3. The van der Waals surface area contributed by atoms with Crippen LogP contribution in [0.4, 0.5) is 5.82 Å². The molecule has 2 aromatic heterocycles. The Labute approximate surface area is 155 Å². The molecular weight excluding hydrogens is 322 g/mol. The van der Waals surface area contributed by atoms with E-state index in [1.807, 2.05) is 18.2 Å². The van der Waals surface area contributed by atoms with Crippen LogP contribution >= 0.6 is 0 Å². The maximum Gasteiger partial charge on any atom is 0.157 e. The lowest BCUT2D eigenvalue weighted by Gasteiger charge is -2.18. The molecule has 0 unspecified atom stereocenters. The minimum Gasteiger partial charge on any atom is -0.371 e. The van der Waals surface area contributed by atoms with Crippen molar-refractivity contribution in [3.05, 3.63) is 41.0 Å². The molecule has 1 aromatic carbocycles. The Bertz CT molecular complexity index is 962. The van der Waals surface area contributed by atoms with Crippen LogP contribution in [-0.2, 0) is 6.42 Å². The van der Waals surface area contributed by atoms with Gasteiger partial charge in [0.2, 0.25) is 0 Å². The Balaban J connectivity index is 2.21. The molecule has 136 valence electrons. The van der Waals surface area contributed by atoms with Crippen LogP contribution in [0.5, 0.6) is 0 Å². The summed E-state index contributed by atoms with van der Waals surface area (Å²) in [5.74, 6) is 1.10. The summed E-state index contributed by atoms with van der Waals surface area (Å²) in [6.07, 6.45) is 3.09. The first kappa shape index (κ1) is 18.2. The summed E-state index contributed by atoms with van der Waals surface area (Å²) in [5.41, 5.74) is 5.71. The highest BCUT2D eigenvalue weighted by Gasteiger charge is 2.20. The van der Waals surface area contributed by atoms with Crippen LogP contribution in [0.3, 0.4) is 0 Å². The molecule has 2 N–H and O–H groups in total. The molecule has 26 heavy (non-hydrogen) atoms. The quantitative estimate of drug-likeness (QED) is 0.644. The van der Waals surface area contributed by atoms with Gasteiger partial charge in [0.15, 0.2) is 5.65 Å². The molecule has 3 aromatic rings. The standard InChI is InChI=1S/C21H27N5/c1-5-9-16-15(2)17(14-22)21-24-18-10-6-7-11-19(18)26(21)20(16)23-12-8-13-25(3)4/h6-7,10-11,23H,5,8-9,12-13H2,1-4H3/p+1. The van der Waals surface area contributed by atoms with Crippen LogP contribution in [0.2, 0.25) is 0 Å². The Hall–Kier alpha value is -2.58. The van der Waals surface area contributed by atoms with E-state index in [1.54, 1.807) is 0 Å².